The summed E-state index contributed by atoms with van der Waals surface area (Å²) in [7, 11) is -2.87. The van der Waals surface area contributed by atoms with Gasteiger partial charge in [0, 0.05) is 23.2 Å². The van der Waals surface area contributed by atoms with Gasteiger partial charge in [0.05, 0.1) is 15.5 Å². The molecule has 0 aliphatic carbocycles. The topological polar surface area (TPSA) is 117 Å². The minimum Gasteiger partial charge on any atom is -0.480 e. The number of likely N-dealkylation sites (N-methyl/N-ethyl adjacent to an activating group) is 1. The SMILES string of the molecule is CCc1ccc(-c2sc(NC(=O)c3ccc(Cl)cc3)nc2-c2ccc(S(=O)(=O)N(C)C(Cc3ccccc3)C(=O)O)cc2)cc1. The average Bonchev–Trinajstić information content (AvgIpc) is 3.47. The summed E-state index contributed by atoms with van der Waals surface area (Å²) in [6.45, 7) is 2.07. The zero-order chi connectivity index (χ0) is 32.1. The van der Waals surface area contributed by atoms with Crippen LogP contribution in [0.25, 0.3) is 21.7 Å². The second-order valence-corrected chi connectivity index (χ2v) is 13.7. The van der Waals surface area contributed by atoms with Gasteiger partial charge >= 0.3 is 5.97 Å². The van der Waals surface area contributed by atoms with Crippen molar-refractivity contribution >= 4 is 50.0 Å². The number of carbonyl (C=O) groups excluding carboxylic acids is 1. The van der Waals surface area contributed by atoms with E-state index < -0.39 is 22.0 Å². The van der Waals surface area contributed by atoms with E-state index in [0.717, 1.165) is 21.2 Å². The predicted octanol–water partition coefficient (Wildman–Crippen LogP) is 7.26. The molecule has 0 spiro atoms. The van der Waals surface area contributed by atoms with E-state index in [2.05, 4.69) is 12.2 Å². The highest BCUT2D eigenvalue weighted by atomic mass is 35.5. The van der Waals surface area contributed by atoms with E-state index in [-0.39, 0.29) is 17.2 Å². The van der Waals surface area contributed by atoms with Gasteiger partial charge in [-0.25, -0.2) is 13.4 Å². The van der Waals surface area contributed by atoms with Crippen LogP contribution in [0.5, 0.6) is 0 Å². The van der Waals surface area contributed by atoms with E-state index in [1.165, 1.54) is 36.1 Å². The summed E-state index contributed by atoms with van der Waals surface area (Å²) in [5, 5.41) is 13.6. The number of aryl methyl sites for hydroxylation is 1. The van der Waals surface area contributed by atoms with Gasteiger partial charge in [-0.2, -0.15) is 4.31 Å². The van der Waals surface area contributed by atoms with Gasteiger partial charge in [-0.05, 0) is 65.9 Å². The van der Waals surface area contributed by atoms with Gasteiger partial charge < -0.3 is 5.11 Å². The monoisotopic (exact) mass is 659 g/mol. The normalized spacial score (nSPS) is 12.2. The van der Waals surface area contributed by atoms with Crippen molar-refractivity contribution in [1.29, 1.82) is 0 Å². The van der Waals surface area contributed by atoms with Gasteiger partial charge in [0.15, 0.2) is 5.13 Å². The number of rotatable bonds is 11. The standard InChI is InChI=1S/C34H30ClN3O5S2/c1-3-22-9-11-25(12-10-22)31-30(36-34(44-31)37-32(39)26-13-17-27(35)18-14-26)24-15-19-28(20-16-24)45(42,43)38(2)29(33(40)41)21-23-7-5-4-6-8-23/h4-20,29H,3,21H2,1-2H3,(H,40,41)(H,36,37,39). The molecule has 0 aliphatic heterocycles. The van der Waals surface area contributed by atoms with Crippen LogP contribution in [0.3, 0.4) is 0 Å². The van der Waals surface area contributed by atoms with Gasteiger partial charge in [0.2, 0.25) is 10.0 Å². The lowest BCUT2D eigenvalue weighted by Gasteiger charge is -2.24. The number of hydrogen-bond donors (Lipinski definition) is 2. The fourth-order valence-corrected chi connectivity index (χ4v) is 7.18. The van der Waals surface area contributed by atoms with Gasteiger partial charge in [0.1, 0.15) is 6.04 Å². The second-order valence-electron chi connectivity index (χ2n) is 10.3. The number of carbonyl (C=O) groups is 2. The van der Waals surface area contributed by atoms with Crippen LogP contribution in [0.1, 0.15) is 28.4 Å². The van der Waals surface area contributed by atoms with E-state index in [4.69, 9.17) is 16.6 Å². The van der Waals surface area contributed by atoms with Crippen molar-refractivity contribution in [3.8, 4) is 21.7 Å². The summed E-state index contributed by atoms with van der Waals surface area (Å²) in [4.78, 5) is 30.5. The van der Waals surface area contributed by atoms with E-state index in [9.17, 15) is 23.1 Å². The van der Waals surface area contributed by atoms with Crippen molar-refractivity contribution in [1.82, 2.24) is 9.29 Å². The van der Waals surface area contributed by atoms with Gasteiger partial charge in [0.25, 0.3) is 5.91 Å². The molecule has 1 atom stereocenters. The van der Waals surface area contributed by atoms with Crippen LogP contribution in [-0.2, 0) is 27.7 Å². The Morgan fingerprint density at radius 1 is 0.889 bits per heavy atom. The molecule has 1 amide bonds. The lowest BCUT2D eigenvalue weighted by Crippen LogP contribution is -2.43. The number of hydrogen-bond acceptors (Lipinski definition) is 6. The lowest BCUT2D eigenvalue weighted by molar-refractivity contribution is -0.141. The maximum Gasteiger partial charge on any atom is 0.322 e. The van der Waals surface area contributed by atoms with E-state index >= 15 is 0 Å². The molecule has 1 aromatic heterocycles. The Morgan fingerprint density at radius 2 is 1.51 bits per heavy atom. The third kappa shape index (κ3) is 7.32. The molecule has 1 unspecified atom stereocenters. The molecular formula is C34H30ClN3O5S2. The Hall–Kier alpha value is -4.35. The lowest BCUT2D eigenvalue weighted by atomic mass is 10.0. The zero-order valence-corrected chi connectivity index (χ0v) is 26.9. The van der Waals surface area contributed by atoms with Gasteiger partial charge in [-0.15, -0.1) is 0 Å². The highest BCUT2D eigenvalue weighted by molar-refractivity contribution is 7.89. The molecule has 0 saturated carbocycles. The first-order valence-corrected chi connectivity index (χ1v) is 16.7. The molecule has 230 valence electrons. The molecule has 0 fully saturated rings. The molecule has 45 heavy (non-hydrogen) atoms. The molecule has 5 aromatic rings. The number of benzene rings is 4. The predicted molar refractivity (Wildman–Crippen MR) is 178 cm³/mol. The smallest absolute Gasteiger partial charge is 0.322 e. The summed E-state index contributed by atoms with van der Waals surface area (Å²) < 4.78 is 28.0. The highest BCUT2D eigenvalue weighted by Gasteiger charge is 2.33. The van der Waals surface area contributed by atoms with Crippen LogP contribution in [0.4, 0.5) is 5.13 Å². The quantitative estimate of drug-likeness (QED) is 0.154. The number of halogens is 1. The molecular weight excluding hydrogens is 630 g/mol. The van der Waals surface area contributed by atoms with Crippen molar-refractivity contribution in [2.24, 2.45) is 0 Å². The molecule has 8 nitrogen and oxygen atoms in total. The maximum atomic E-state index is 13.5. The fourth-order valence-electron chi connectivity index (χ4n) is 4.75. The van der Waals surface area contributed by atoms with E-state index in [0.29, 0.717) is 32.5 Å². The average molecular weight is 660 g/mol. The number of anilines is 1. The number of carboxylic acids is 1. The van der Waals surface area contributed by atoms with Crippen LogP contribution in [0.2, 0.25) is 5.02 Å². The summed E-state index contributed by atoms with van der Waals surface area (Å²) in [5.41, 5.74) is 4.41. The molecule has 0 aliphatic rings. The summed E-state index contributed by atoms with van der Waals surface area (Å²) in [6.07, 6.45) is 0.907. The molecule has 2 N–H and O–H groups in total. The number of nitrogens with one attached hydrogen (secondary N) is 1. The number of thiazole rings is 1. The Balaban J connectivity index is 1.46. The van der Waals surface area contributed by atoms with Gasteiger partial charge in [-0.3, -0.25) is 14.9 Å². The second kappa shape index (κ2) is 13.7. The molecule has 0 radical (unpaired) electrons. The Morgan fingerprint density at radius 3 is 2.11 bits per heavy atom. The van der Waals surface area contributed by atoms with Crippen molar-refractivity contribution in [3.63, 3.8) is 0 Å². The van der Waals surface area contributed by atoms with Crippen LogP contribution in [0.15, 0.2) is 108 Å². The molecule has 5 rings (SSSR count). The summed E-state index contributed by atoms with van der Waals surface area (Å²) in [6, 6.07) is 28.3. The first-order valence-electron chi connectivity index (χ1n) is 14.1. The van der Waals surface area contributed by atoms with Crippen molar-refractivity contribution < 1.29 is 23.1 Å². The van der Waals surface area contributed by atoms with Crippen LogP contribution in [-0.4, -0.2) is 47.8 Å². The number of amides is 1. The van der Waals surface area contributed by atoms with Crippen LogP contribution in [0, 0.1) is 0 Å². The highest BCUT2D eigenvalue weighted by Crippen LogP contribution is 2.40. The van der Waals surface area contributed by atoms with Crippen molar-refractivity contribution in [3.05, 3.63) is 125 Å². The molecule has 0 saturated heterocycles. The number of aliphatic carboxylic acids is 1. The van der Waals surface area contributed by atoms with Gasteiger partial charge in [-0.1, -0.05) is 96.6 Å². The fraction of sp³-hybridized carbons (Fsp3) is 0.147. The maximum absolute atomic E-state index is 13.5. The largest absolute Gasteiger partial charge is 0.480 e. The first-order chi connectivity index (χ1) is 21.6. The van der Waals surface area contributed by atoms with Crippen molar-refractivity contribution in [2.75, 3.05) is 12.4 Å². The minimum absolute atomic E-state index is 0.0213. The third-order valence-electron chi connectivity index (χ3n) is 7.38. The number of aromatic nitrogens is 1. The minimum atomic E-state index is -4.15. The summed E-state index contributed by atoms with van der Waals surface area (Å²) in [5.74, 6) is -1.58. The van der Waals surface area contributed by atoms with Crippen molar-refractivity contribution in [2.45, 2.75) is 30.7 Å². The molecule has 11 heteroatoms. The molecule has 4 aromatic carbocycles. The van der Waals surface area contributed by atoms with E-state index in [1.807, 2.05) is 30.3 Å². The Labute approximate surface area is 271 Å². The van der Waals surface area contributed by atoms with E-state index in [1.54, 1.807) is 60.7 Å². The molecule has 1 heterocycles. The first kappa shape index (κ1) is 32.1. The third-order valence-corrected chi connectivity index (χ3v) is 10.5. The summed E-state index contributed by atoms with van der Waals surface area (Å²) >= 11 is 7.28. The van der Waals surface area contributed by atoms with Crippen LogP contribution >= 0.6 is 22.9 Å². The molecule has 0 bridgehead atoms. The van der Waals surface area contributed by atoms with Crippen LogP contribution < -0.4 is 5.32 Å². The number of carboxylic acid groups (broad SMARTS) is 1. The number of nitrogens with zero attached hydrogens (tertiary/aromatic N) is 2. The number of sulfonamides is 1. The Kier molecular flexibility index (Phi) is 9.79. The zero-order valence-electron chi connectivity index (χ0n) is 24.5. The Bertz CT molecular complexity index is 1910.